The van der Waals surface area contributed by atoms with Gasteiger partial charge in [0.25, 0.3) is 0 Å². The predicted octanol–water partition coefficient (Wildman–Crippen LogP) is -1.76. The van der Waals surface area contributed by atoms with Crippen LogP contribution in [0.5, 0.6) is 0 Å². The minimum Gasteiger partial charge on any atom is -0.387 e. The number of halogens is 1. The monoisotopic (exact) mass is 572 g/mol. The van der Waals surface area contributed by atoms with E-state index in [0.717, 1.165) is 0 Å². The third-order valence-corrected chi connectivity index (χ3v) is 3.77. The van der Waals surface area contributed by atoms with Gasteiger partial charge in [-0.25, -0.2) is 27.6 Å². The number of hydrogen-bond donors (Lipinski definition) is 11. The Morgan fingerprint density at radius 3 is 1.86 bits per heavy atom. The van der Waals surface area contributed by atoms with Crippen molar-refractivity contribution < 1.29 is 72.0 Å². The maximum Gasteiger partial charge on any atom is 0.466 e. The van der Waals surface area contributed by atoms with Crippen LogP contribution in [0.25, 0.3) is 5.52 Å². The molecule has 2 aromatic heterocycles. The Hall–Kier alpha value is -1.66. The van der Waals surface area contributed by atoms with Crippen LogP contribution in [0.1, 0.15) is 18.7 Å². The molecule has 0 bridgehead atoms. The largest absolute Gasteiger partial charge is 0.466 e. The van der Waals surface area contributed by atoms with Crippen LogP contribution < -0.4 is 5.73 Å². The van der Waals surface area contributed by atoms with Gasteiger partial charge in [0, 0.05) is 0 Å². The van der Waals surface area contributed by atoms with Crippen LogP contribution >= 0.6 is 23.5 Å². The number of nitrogens with zero attached hydrogens (tertiary/aromatic N) is 3. The quantitative estimate of drug-likeness (QED) is 0.140. The lowest BCUT2D eigenvalue weighted by molar-refractivity contribution is -0.0371. The molecule has 1 aliphatic heterocycles. The van der Waals surface area contributed by atoms with Crippen LogP contribution in [0.2, 0.25) is 0 Å². The van der Waals surface area contributed by atoms with Crippen molar-refractivity contribution in [3.8, 4) is 0 Å². The Labute approximate surface area is 195 Å². The van der Waals surface area contributed by atoms with Gasteiger partial charge in [-0.2, -0.15) is 5.10 Å². The topological polar surface area (TPSA) is 319 Å². The minimum absolute atomic E-state index is 0.298. The smallest absolute Gasteiger partial charge is 0.387 e. The zero-order valence-electron chi connectivity index (χ0n) is 17.5. The van der Waals surface area contributed by atoms with Gasteiger partial charge >= 0.3 is 23.5 Å². The Bertz CT molecular complexity index is 1060. The third kappa shape index (κ3) is 13.3. The average Bonchev–Trinajstić information content (AvgIpc) is 3.14. The molecular formula is C13H24FN4O14P3. The Kier molecular flexibility index (Phi) is 11.9. The normalized spacial score (nSPS) is 24.3. The van der Waals surface area contributed by atoms with Gasteiger partial charge in [-0.05, 0) is 19.1 Å². The van der Waals surface area contributed by atoms with Crippen molar-refractivity contribution in [3.63, 3.8) is 0 Å². The van der Waals surface area contributed by atoms with E-state index in [9.17, 15) is 9.50 Å². The van der Waals surface area contributed by atoms with Crippen molar-refractivity contribution in [2.75, 3.05) is 5.73 Å². The summed E-state index contributed by atoms with van der Waals surface area (Å²) in [6.07, 6.45) is -1.10. The molecule has 1 saturated heterocycles. The lowest BCUT2D eigenvalue weighted by Gasteiger charge is -2.22. The van der Waals surface area contributed by atoms with E-state index >= 15 is 0 Å². The van der Waals surface area contributed by atoms with Crippen LogP contribution in [0.3, 0.4) is 0 Å². The molecule has 0 radical (unpaired) electrons. The van der Waals surface area contributed by atoms with Crippen molar-refractivity contribution in [1.82, 2.24) is 14.6 Å². The number of nitrogen functional groups attached to an aromatic ring is 1. The molecule has 0 amide bonds. The summed E-state index contributed by atoms with van der Waals surface area (Å²) in [5.74, 6) is 0.298. The molecule has 22 heteroatoms. The minimum atomic E-state index is -4.64. The molecule has 3 rings (SSSR count). The highest BCUT2D eigenvalue weighted by Gasteiger charge is 2.52. The molecule has 202 valence electrons. The lowest BCUT2D eigenvalue weighted by Crippen LogP contribution is -2.36. The van der Waals surface area contributed by atoms with E-state index in [0.29, 0.717) is 17.0 Å². The number of ether oxygens (including phenoxy) is 1. The number of aliphatic hydroxyl groups is 1. The van der Waals surface area contributed by atoms with E-state index < -0.39 is 47.4 Å². The van der Waals surface area contributed by atoms with Crippen molar-refractivity contribution in [2.45, 2.75) is 30.9 Å². The lowest BCUT2D eigenvalue weighted by atomic mass is 9.97. The number of anilines is 1. The van der Waals surface area contributed by atoms with Crippen molar-refractivity contribution in [3.05, 3.63) is 36.8 Å². The first kappa shape index (κ1) is 33.3. The summed E-state index contributed by atoms with van der Waals surface area (Å²) in [6, 6.07) is 3.36. The summed E-state index contributed by atoms with van der Waals surface area (Å²) in [5, 5.41) is 14.0. The summed E-state index contributed by atoms with van der Waals surface area (Å²) in [6.45, 7) is 5.18. The Morgan fingerprint density at radius 2 is 1.49 bits per heavy atom. The average molecular weight is 572 g/mol. The number of alkyl halides is 1. The molecule has 0 aromatic carbocycles. The second-order valence-electron chi connectivity index (χ2n) is 6.56. The van der Waals surface area contributed by atoms with Gasteiger partial charge in [-0.15, -0.1) is 6.58 Å². The first-order valence-electron chi connectivity index (χ1n) is 8.54. The molecule has 0 saturated carbocycles. The first-order valence-corrected chi connectivity index (χ1v) is 13.2. The van der Waals surface area contributed by atoms with E-state index in [4.69, 9.17) is 68.2 Å². The van der Waals surface area contributed by atoms with Gasteiger partial charge in [0.2, 0.25) is 0 Å². The van der Waals surface area contributed by atoms with Crippen LogP contribution in [0.15, 0.2) is 31.1 Å². The number of rotatable bonds is 2. The van der Waals surface area contributed by atoms with Gasteiger partial charge < -0.3 is 59.6 Å². The molecule has 1 fully saturated rings. The SMILES string of the molecule is C=C[C@@]1(C)O[C@@H](c2ccc3c(N)ncnn23)[C@H](F)[C@@H]1O.O=P(O)(O)O.O=P(O)(O)O.O=P(O)(O)O. The molecule has 0 spiro atoms. The Balaban J connectivity index is 0.000000635. The maximum absolute atomic E-state index is 14.3. The van der Waals surface area contributed by atoms with Gasteiger partial charge in [0.05, 0.1) is 5.69 Å². The summed E-state index contributed by atoms with van der Waals surface area (Å²) >= 11 is 0. The fourth-order valence-electron chi connectivity index (χ4n) is 2.47. The van der Waals surface area contributed by atoms with E-state index in [1.54, 1.807) is 19.1 Å². The standard InChI is InChI=1S/C13H15FN4O2.3H3O4P/c1-3-13(2)11(19)9(14)10(20-13)7-4-5-8-12(15)16-6-17-18(7)8;3*1-5(2,3)4/h3-6,9-11,19H,1H2,2H3,(H2,15,16,17);3*(H3,1,2,3,4)/t9-,10-,11-,13+;;;/m0.../s1. The number of hydrogen-bond acceptors (Lipinski definition) is 8. The van der Waals surface area contributed by atoms with Gasteiger partial charge in [-0.3, -0.25) is 0 Å². The third-order valence-electron chi connectivity index (χ3n) is 3.77. The van der Waals surface area contributed by atoms with Crippen LogP contribution in [0.4, 0.5) is 10.2 Å². The fourth-order valence-corrected chi connectivity index (χ4v) is 2.47. The molecule has 0 unspecified atom stereocenters. The number of phosphoric acid groups is 3. The van der Waals surface area contributed by atoms with Crippen molar-refractivity contribution >= 4 is 34.8 Å². The second-order valence-corrected chi connectivity index (χ2v) is 9.64. The van der Waals surface area contributed by atoms with Crippen molar-refractivity contribution in [1.29, 1.82) is 0 Å². The molecule has 12 N–H and O–H groups in total. The summed E-state index contributed by atoms with van der Waals surface area (Å²) in [5.41, 5.74) is 5.65. The molecule has 2 aromatic rings. The molecule has 3 heterocycles. The zero-order chi connectivity index (χ0) is 28.0. The number of aromatic nitrogens is 3. The Morgan fingerprint density at radius 1 is 1.06 bits per heavy atom. The highest BCUT2D eigenvalue weighted by molar-refractivity contribution is 7.45. The van der Waals surface area contributed by atoms with Crippen molar-refractivity contribution in [2.24, 2.45) is 0 Å². The second kappa shape index (κ2) is 12.5. The predicted molar refractivity (Wildman–Crippen MR) is 114 cm³/mol. The van der Waals surface area contributed by atoms with Gasteiger partial charge in [0.15, 0.2) is 12.0 Å². The fraction of sp³-hybridized carbons (Fsp3) is 0.385. The van der Waals surface area contributed by atoms with Gasteiger partial charge in [-0.1, -0.05) is 6.08 Å². The maximum atomic E-state index is 14.3. The number of nitrogens with two attached hydrogens (primary N) is 1. The summed E-state index contributed by atoms with van der Waals surface area (Å²) in [4.78, 5) is 68.6. The van der Waals surface area contributed by atoms with Crippen LogP contribution in [0, 0.1) is 0 Å². The molecular weight excluding hydrogens is 548 g/mol. The molecule has 4 atom stereocenters. The zero-order valence-corrected chi connectivity index (χ0v) is 20.2. The van der Waals surface area contributed by atoms with E-state index in [-0.39, 0.29) is 0 Å². The highest BCUT2D eigenvalue weighted by Crippen LogP contribution is 2.42. The molecule has 1 aliphatic rings. The number of fused-ring (bicyclic) bond motifs is 1. The molecule has 0 aliphatic carbocycles. The van der Waals surface area contributed by atoms with Crippen LogP contribution in [-0.4, -0.2) is 81.6 Å². The van der Waals surface area contributed by atoms with Crippen LogP contribution in [-0.2, 0) is 18.4 Å². The highest BCUT2D eigenvalue weighted by atomic mass is 31.2. The van der Waals surface area contributed by atoms with E-state index in [1.165, 1.54) is 16.9 Å². The number of aliphatic hydroxyl groups excluding tert-OH is 1. The van der Waals surface area contributed by atoms with E-state index in [1.807, 2.05) is 0 Å². The van der Waals surface area contributed by atoms with E-state index in [2.05, 4.69) is 16.7 Å². The first-order chi connectivity index (χ1) is 15.5. The molecule has 18 nitrogen and oxygen atoms in total. The van der Waals surface area contributed by atoms with Gasteiger partial charge in [0.1, 0.15) is 29.7 Å². The summed E-state index contributed by atoms with van der Waals surface area (Å²) < 4.78 is 48.1. The summed E-state index contributed by atoms with van der Waals surface area (Å²) in [7, 11) is -13.9. The molecule has 35 heavy (non-hydrogen) atoms.